The molecule has 1 aromatic carbocycles. The van der Waals surface area contributed by atoms with Crippen LogP contribution in [0.1, 0.15) is 50.5 Å². The van der Waals surface area contributed by atoms with E-state index in [9.17, 15) is 5.11 Å². The van der Waals surface area contributed by atoms with Crippen molar-refractivity contribution in [3.8, 4) is 5.75 Å². The van der Waals surface area contributed by atoms with Crippen LogP contribution >= 0.6 is 0 Å². The molecule has 1 heterocycles. The number of aromatic hydroxyl groups is 1. The fourth-order valence-electron chi connectivity index (χ4n) is 3.95. The van der Waals surface area contributed by atoms with Gasteiger partial charge in [0.2, 0.25) is 0 Å². The number of phenolic OH excluding ortho intramolecular Hbond substituents is 1. The van der Waals surface area contributed by atoms with Crippen LogP contribution in [0.3, 0.4) is 0 Å². The van der Waals surface area contributed by atoms with Crippen molar-refractivity contribution in [2.75, 3.05) is 18.8 Å². The van der Waals surface area contributed by atoms with E-state index in [4.69, 9.17) is 5.73 Å². The highest BCUT2D eigenvalue weighted by atomic mass is 16.3. The number of nitrogens with zero attached hydrogens (tertiary/aromatic N) is 1. The zero-order chi connectivity index (χ0) is 14.0. The SMILES string of the molecule is Nc1cc(CN2CCC3(CCCCC3)CC2)ccc1O. The smallest absolute Gasteiger partial charge is 0.138 e. The number of nitrogens with two attached hydrogens (primary N) is 1. The Hall–Kier alpha value is -1.22. The van der Waals surface area contributed by atoms with Gasteiger partial charge in [0.05, 0.1) is 5.69 Å². The molecule has 1 aliphatic carbocycles. The summed E-state index contributed by atoms with van der Waals surface area (Å²) in [5.74, 6) is 0.188. The third-order valence-corrected chi connectivity index (χ3v) is 5.33. The number of anilines is 1. The van der Waals surface area contributed by atoms with Crippen molar-refractivity contribution in [1.82, 2.24) is 4.90 Å². The minimum absolute atomic E-state index is 0.188. The summed E-state index contributed by atoms with van der Waals surface area (Å²) in [4.78, 5) is 2.53. The van der Waals surface area contributed by atoms with Gasteiger partial charge in [-0.15, -0.1) is 0 Å². The molecule has 0 amide bonds. The average molecular weight is 274 g/mol. The summed E-state index contributed by atoms with van der Waals surface area (Å²) < 4.78 is 0. The van der Waals surface area contributed by atoms with E-state index < -0.39 is 0 Å². The second kappa shape index (κ2) is 5.65. The van der Waals surface area contributed by atoms with Gasteiger partial charge in [-0.1, -0.05) is 25.3 Å². The third-order valence-electron chi connectivity index (χ3n) is 5.33. The largest absolute Gasteiger partial charge is 0.506 e. The van der Waals surface area contributed by atoms with Gasteiger partial charge in [0, 0.05) is 6.54 Å². The molecule has 0 bridgehead atoms. The maximum absolute atomic E-state index is 9.48. The van der Waals surface area contributed by atoms with E-state index in [2.05, 4.69) is 4.90 Å². The van der Waals surface area contributed by atoms with Crippen molar-refractivity contribution in [3.63, 3.8) is 0 Å². The summed E-state index contributed by atoms with van der Waals surface area (Å²) in [5, 5.41) is 9.48. The number of likely N-dealkylation sites (tertiary alicyclic amines) is 1. The number of hydrogen-bond acceptors (Lipinski definition) is 3. The molecule has 20 heavy (non-hydrogen) atoms. The van der Waals surface area contributed by atoms with E-state index in [0.717, 1.165) is 6.54 Å². The first kappa shape index (κ1) is 13.7. The molecule has 1 aromatic rings. The molecule has 2 aliphatic rings. The Bertz CT molecular complexity index is 456. The van der Waals surface area contributed by atoms with E-state index in [1.165, 1.54) is 63.6 Å². The van der Waals surface area contributed by atoms with Crippen LogP contribution in [-0.2, 0) is 6.54 Å². The van der Waals surface area contributed by atoms with Crippen molar-refractivity contribution in [1.29, 1.82) is 0 Å². The lowest BCUT2D eigenvalue weighted by molar-refractivity contribution is 0.0641. The number of nitrogen functional groups attached to an aromatic ring is 1. The molecule has 3 N–H and O–H groups in total. The van der Waals surface area contributed by atoms with E-state index in [0.29, 0.717) is 11.1 Å². The first-order valence-corrected chi connectivity index (χ1v) is 7.97. The normalized spacial score (nSPS) is 23.0. The van der Waals surface area contributed by atoms with Gasteiger partial charge in [-0.2, -0.15) is 0 Å². The van der Waals surface area contributed by atoms with Gasteiger partial charge in [-0.25, -0.2) is 0 Å². The summed E-state index contributed by atoms with van der Waals surface area (Å²) in [6.45, 7) is 3.38. The van der Waals surface area contributed by atoms with Crippen LogP contribution in [0.5, 0.6) is 5.75 Å². The zero-order valence-electron chi connectivity index (χ0n) is 12.3. The van der Waals surface area contributed by atoms with Crippen LogP contribution in [0, 0.1) is 5.41 Å². The number of phenols is 1. The highest BCUT2D eigenvalue weighted by molar-refractivity contribution is 5.53. The van der Waals surface area contributed by atoms with Crippen LogP contribution in [0.15, 0.2) is 18.2 Å². The minimum atomic E-state index is 0.188. The number of hydrogen-bond donors (Lipinski definition) is 2. The van der Waals surface area contributed by atoms with Gasteiger partial charge in [0.15, 0.2) is 0 Å². The second-order valence-electron chi connectivity index (χ2n) is 6.73. The molecule has 3 heteroatoms. The third kappa shape index (κ3) is 2.93. The Balaban J connectivity index is 1.56. The van der Waals surface area contributed by atoms with Crippen molar-refractivity contribution in [2.24, 2.45) is 5.41 Å². The van der Waals surface area contributed by atoms with Crippen molar-refractivity contribution in [2.45, 2.75) is 51.5 Å². The van der Waals surface area contributed by atoms with E-state index in [1.54, 1.807) is 6.07 Å². The van der Waals surface area contributed by atoms with Crippen LogP contribution in [-0.4, -0.2) is 23.1 Å². The maximum atomic E-state index is 9.48. The lowest BCUT2D eigenvalue weighted by atomic mass is 9.68. The lowest BCUT2D eigenvalue weighted by Crippen LogP contribution is -2.40. The molecule has 0 radical (unpaired) electrons. The van der Waals surface area contributed by atoms with E-state index in [-0.39, 0.29) is 5.75 Å². The molecular formula is C17H26N2O. The summed E-state index contributed by atoms with van der Waals surface area (Å²) >= 11 is 0. The molecule has 1 saturated carbocycles. The molecule has 110 valence electrons. The molecule has 3 nitrogen and oxygen atoms in total. The van der Waals surface area contributed by atoms with Crippen LogP contribution < -0.4 is 5.73 Å². The van der Waals surface area contributed by atoms with Crippen LogP contribution in [0.4, 0.5) is 5.69 Å². The summed E-state index contributed by atoms with van der Waals surface area (Å²) in [6.07, 6.45) is 9.95. The number of benzene rings is 1. The highest BCUT2D eigenvalue weighted by Crippen LogP contribution is 2.44. The van der Waals surface area contributed by atoms with Gasteiger partial charge in [0.25, 0.3) is 0 Å². The molecule has 0 unspecified atom stereocenters. The monoisotopic (exact) mass is 274 g/mol. The van der Waals surface area contributed by atoms with Gasteiger partial charge >= 0.3 is 0 Å². The van der Waals surface area contributed by atoms with Crippen molar-refractivity contribution in [3.05, 3.63) is 23.8 Å². The summed E-state index contributed by atoms with van der Waals surface area (Å²) in [5.41, 5.74) is 8.14. The molecule has 3 rings (SSSR count). The fraction of sp³-hybridized carbons (Fsp3) is 0.647. The minimum Gasteiger partial charge on any atom is -0.506 e. The highest BCUT2D eigenvalue weighted by Gasteiger charge is 2.35. The first-order valence-electron chi connectivity index (χ1n) is 7.97. The van der Waals surface area contributed by atoms with Crippen molar-refractivity contribution < 1.29 is 5.11 Å². The zero-order valence-corrected chi connectivity index (χ0v) is 12.3. The van der Waals surface area contributed by atoms with E-state index >= 15 is 0 Å². The molecule has 2 fully saturated rings. The second-order valence-corrected chi connectivity index (χ2v) is 6.73. The standard InChI is InChI=1S/C17H26N2O/c18-15-12-14(4-5-16(15)20)13-19-10-8-17(9-11-19)6-2-1-3-7-17/h4-5,12,20H,1-3,6-11,13,18H2. The number of rotatable bonds is 2. The Labute approximate surface area is 121 Å². The number of piperidine rings is 1. The molecule has 0 aromatic heterocycles. The average Bonchev–Trinajstić information content (AvgIpc) is 2.47. The predicted octanol–water partition coefficient (Wildman–Crippen LogP) is 3.52. The van der Waals surface area contributed by atoms with Gasteiger partial charge in [-0.05, 0) is 61.9 Å². The molecule has 1 aliphatic heterocycles. The molecule has 1 saturated heterocycles. The quantitative estimate of drug-likeness (QED) is 0.641. The van der Waals surface area contributed by atoms with Crippen LogP contribution in [0.25, 0.3) is 0 Å². The van der Waals surface area contributed by atoms with Gasteiger partial charge in [0.1, 0.15) is 5.75 Å². The first-order chi connectivity index (χ1) is 9.67. The van der Waals surface area contributed by atoms with E-state index in [1.807, 2.05) is 12.1 Å². The molecule has 0 atom stereocenters. The molecule has 1 spiro atoms. The molecular weight excluding hydrogens is 248 g/mol. The lowest BCUT2D eigenvalue weighted by Gasteiger charge is -2.44. The summed E-state index contributed by atoms with van der Waals surface area (Å²) in [7, 11) is 0. The van der Waals surface area contributed by atoms with Crippen molar-refractivity contribution >= 4 is 5.69 Å². The Morgan fingerprint density at radius 2 is 1.75 bits per heavy atom. The Kier molecular flexibility index (Phi) is 3.88. The topological polar surface area (TPSA) is 49.5 Å². The maximum Gasteiger partial charge on any atom is 0.138 e. The Morgan fingerprint density at radius 1 is 1.05 bits per heavy atom. The van der Waals surface area contributed by atoms with Gasteiger partial charge < -0.3 is 10.8 Å². The van der Waals surface area contributed by atoms with Gasteiger partial charge in [-0.3, -0.25) is 4.90 Å². The van der Waals surface area contributed by atoms with Crippen LogP contribution in [0.2, 0.25) is 0 Å². The fourth-order valence-corrected chi connectivity index (χ4v) is 3.95. The predicted molar refractivity (Wildman–Crippen MR) is 82.5 cm³/mol. The Morgan fingerprint density at radius 3 is 2.40 bits per heavy atom. The summed E-state index contributed by atoms with van der Waals surface area (Å²) in [6, 6.07) is 5.59.